The number of hydrogen-bond donors (Lipinski definition) is 1. The fourth-order valence-corrected chi connectivity index (χ4v) is 7.76. The van der Waals surface area contributed by atoms with Crippen LogP contribution in [0.15, 0.2) is 97.2 Å². The first kappa shape index (κ1) is 31.0. The van der Waals surface area contributed by atoms with Crippen LogP contribution in [0.25, 0.3) is 27.6 Å². The summed E-state index contributed by atoms with van der Waals surface area (Å²) in [5, 5.41) is 15.7. The van der Waals surface area contributed by atoms with Crippen LogP contribution in [-0.4, -0.2) is 16.2 Å². The van der Waals surface area contributed by atoms with Gasteiger partial charge in [0.2, 0.25) is 0 Å². The van der Waals surface area contributed by atoms with Gasteiger partial charge in [-0.1, -0.05) is 52.8 Å². The maximum Gasteiger partial charge on any atom is 0.137 e. The fraction of sp³-hybridized carbons (Fsp3) is 0.302. The van der Waals surface area contributed by atoms with Crippen molar-refractivity contribution in [2.24, 2.45) is 5.41 Å². The first-order valence-corrected chi connectivity index (χ1v) is 17.5. The normalized spacial score (nSPS) is 16.0. The Labute approximate surface area is 289 Å². The molecular weight excluding hydrogens is 603 g/mol. The van der Waals surface area contributed by atoms with Crippen molar-refractivity contribution in [3.63, 3.8) is 0 Å². The van der Waals surface area contributed by atoms with Crippen LogP contribution in [0.3, 0.4) is 0 Å². The molecular formula is C43H43N5O. The van der Waals surface area contributed by atoms with Gasteiger partial charge in [-0.15, -0.1) is 0 Å². The summed E-state index contributed by atoms with van der Waals surface area (Å²) in [5.74, 6) is 2.85. The molecule has 1 aliphatic carbocycles. The summed E-state index contributed by atoms with van der Waals surface area (Å²) in [6.45, 7) is 12.2. The largest absolute Gasteiger partial charge is 0.457 e. The van der Waals surface area contributed by atoms with Crippen molar-refractivity contribution >= 4 is 38.9 Å². The highest BCUT2D eigenvalue weighted by molar-refractivity contribution is 6.12. The van der Waals surface area contributed by atoms with Gasteiger partial charge >= 0.3 is 0 Å². The topological polar surface area (TPSA) is 66.1 Å². The predicted molar refractivity (Wildman–Crippen MR) is 201 cm³/mol. The minimum absolute atomic E-state index is 0.0326. The molecule has 0 atom stereocenters. The lowest BCUT2D eigenvalue weighted by Gasteiger charge is -2.35. The van der Waals surface area contributed by atoms with E-state index in [-0.39, 0.29) is 5.41 Å². The van der Waals surface area contributed by atoms with Gasteiger partial charge in [0, 0.05) is 34.8 Å². The molecule has 0 unspecified atom stereocenters. The van der Waals surface area contributed by atoms with E-state index in [1.54, 1.807) is 0 Å². The summed E-state index contributed by atoms with van der Waals surface area (Å²) in [6, 6.07) is 34.0. The third-order valence-corrected chi connectivity index (χ3v) is 10.6. The molecule has 6 aromatic rings. The van der Waals surface area contributed by atoms with Crippen molar-refractivity contribution in [1.29, 1.82) is 5.26 Å². The van der Waals surface area contributed by atoms with Gasteiger partial charge in [0.1, 0.15) is 17.3 Å². The molecule has 1 N–H and O–H groups in total. The van der Waals surface area contributed by atoms with Gasteiger partial charge in [0.05, 0.1) is 40.7 Å². The Kier molecular flexibility index (Phi) is 7.41. The summed E-state index contributed by atoms with van der Waals surface area (Å²) in [7, 11) is 0. The number of hydrogen-bond acceptors (Lipinski definition) is 5. The van der Waals surface area contributed by atoms with Crippen LogP contribution in [0.4, 0.5) is 17.1 Å². The van der Waals surface area contributed by atoms with Crippen LogP contribution in [0.2, 0.25) is 0 Å². The average Bonchev–Trinajstić information content (AvgIpc) is 3.67. The standard InChI is InChI=1S/C43H43N5O/c1-42(2,3)30-17-20-45-40(22-30)48-37-14-13-28(26-44)21-35(37)41-34(29-15-18-43(4,5)19-16-29)24-33(25-39(41)48)49-32-10-8-9-31(23-32)47-27-46-36-11-6-7-12-38(36)47/h6-14,17,20-25,29,46H,15-16,18-19,27H2,1-5H3. The number of benzene rings is 4. The van der Waals surface area contributed by atoms with Crippen LogP contribution in [-0.2, 0) is 5.41 Å². The van der Waals surface area contributed by atoms with Gasteiger partial charge < -0.3 is 15.0 Å². The third kappa shape index (κ3) is 5.68. The van der Waals surface area contributed by atoms with E-state index in [0.29, 0.717) is 23.6 Å². The molecule has 0 saturated heterocycles. The van der Waals surface area contributed by atoms with Crippen LogP contribution in [0.1, 0.15) is 82.9 Å². The molecule has 0 spiro atoms. The number of anilines is 3. The van der Waals surface area contributed by atoms with Crippen LogP contribution >= 0.6 is 0 Å². The van der Waals surface area contributed by atoms with E-state index in [1.165, 1.54) is 29.4 Å². The molecule has 2 aliphatic rings. The number of rotatable bonds is 5. The van der Waals surface area contributed by atoms with E-state index in [2.05, 4.69) is 134 Å². The highest BCUT2D eigenvalue weighted by atomic mass is 16.5. The number of nitrogens with one attached hydrogen (secondary N) is 1. The second kappa shape index (κ2) is 11.7. The first-order chi connectivity index (χ1) is 23.6. The van der Waals surface area contributed by atoms with E-state index in [4.69, 9.17) is 9.72 Å². The van der Waals surface area contributed by atoms with Crippen molar-refractivity contribution in [1.82, 2.24) is 9.55 Å². The molecule has 4 aromatic carbocycles. The molecule has 3 heterocycles. The average molecular weight is 646 g/mol. The molecule has 6 heteroatoms. The Morgan fingerprint density at radius 1 is 0.878 bits per heavy atom. The number of nitrogens with zero attached hydrogens (tertiary/aromatic N) is 4. The Balaban J connectivity index is 1.31. The van der Waals surface area contributed by atoms with Gasteiger partial charge in [0.25, 0.3) is 0 Å². The summed E-state index contributed by atoms with van der Waals surface area (Å²) >= 11 is 0. The lowest BCUT2D eigenvalue weighted by Crippen LogP contribution is -2.20. The predicted octanol–water partition coefficient (Wildman–Crippen LogP) is 11.3. The molecule has 49 heavy (non-hydrogen) atoms. The van der Waals surface area contributed by atoms with Gasteiger partial charge in [-0.3, -0.25) is 4.57 Å². The Morgan fingerprint density at radius 3 is 2.49 bits per heavy atom. The molecule has 0 amide bonds. The minimum Gasteiger partial charge on any atom is -0.457 e. The summed E-state index contributed by atoms with van der Waals surface area (Å²) in [4.78, 5) is 7.21. The highest BCUT2D eigenvalue weighted by Gasteiger charge is 2.31. The molecule has 1 saturated carbocycles. The van der Waals surface area contributed by atoms with Crippen LogP contribution < -0.4 is 15.0 Å². The number of nitriles is 1. The summed E-state index contributed by atoms with van der Waals surface area (Å²) in [6.07, 6.45) is 6.50. The summed E-state index contributed by atoms with van der Waals surface area (Å²) in [5.41, 5.74) is 8.95. The van der Waals surface area contributed by atoms with Gasteiger partial charge in [0.15, 0.2) is 0 Å². The van der Waals surface area contributed by atoms with E-state index >= 15 is 0 Å². The third-order valence-electron chi connectivity index (χ3n) is 10.6. The van der Waals surface area contributed by atoms with Crippen molar-refractivity contribution in [2.45, 2.75) is 71.6 Å². The maximum absolute atomic E-state index is 9.96. The van der Waals surface area contributed by atoms with Gasteiger partial charge in [-0.25, -0.2) is 4.98 Å². The van der Waals surface area contributed by atoms with E-state index in [1.807, 2.05) is 18.3 Å². The lowest BCUT2D eigenvalue weighted by atomic mass is 9.71. The zero-order valence-corrected chi connectivity index (χ0v) is 29.0. The van der Waals surface area contributed by atoms with Gasteiger partial charge in [-0.05, 0) is 114 Å². The number of ether oxygens (including phenoxy) is 1. The molecule has 246 valence electrons. The smallest absolute Gasteiger partial charge is 0.137 e. The lowest BCUT2D eigenvalue weighted by molar-refractivity contribution is 0.225. The Hall–Kier alpha value is -5.28. The first-order valence-electron chi connectivity index (χ1n) is 17.5. The second-order valence-electron chi connectivity index (χ2n) is 15.6. The Morgan fingerprint density at radius 2 is 1.69 bits per heavy atom. The van der Waals surface area contributed by atoms with E-state index < -0.39 is 0 Å². The minimum atomic E-state index is -0.0326. The van der Waals surface area contributed by atoms with Gasteiger partial charge in [-0.2, -0.15) is 5.26 Å². The zero-order chi connectivity index (χ0) is 33.9. The molecule has 0 bridgehead atoms. The van der Waals surface area contributed by atoms with Crippen molar-refractivity contribution in [3.05, 3.63) is 114 Å². The number of pyridine rings is 1. The van der Waals surface area contributed by atoms with Crippen LogP contribution in [0.5, 0.6) is 11.5 Å². The second-order valence-corrected chi connectivity index (χ2v) is 15.6. The molecule has 1 fully saturated rings. The van der Waals surface area contributed by atoms with Crippen molar-refractivity contribution < 1.29 is 4.74 Å². The monoisotopic (exact) mass is 645 g/mol. The molecule has 1 aliphatic heterocycles. The highest BCUT2D eigenvalue weighted by Crippen LogP contribution is 2.48. The number of fused-ring (bicyclic) bond motifs is 4. The zero-order valence-electron chi connectivity index (χ0n) is 29.0. The number of para-hydroxylation sites is 2. The molecule has 0 radical (unpaired) electrons. The Bertz CT molecular complexity index is 2260. The van der Waals surface area contributed by atoms with E-state index in [9.17, 15) is 5.26 Å². The van der Waals surface area contributed by atoms with Crippen molar-refractivity contribution in [3.8, 4) is 23.4 Å². The fourth-order valence-electron chi connectivity index (χ4n) is 7.76. The van der Waals surface area contributed by atoms with Crippen LogP contribution in [0, 0.1) is 16.7 Å². The molecule has 6 nitrogen and oxygen atoms in total. The maximum atomic E-state index is 9.96. The quantitative estimate of drug-likeness (QED) is 0.202. The van der Waals surface area contributed by atoms with E-state index in [0.717, 1.165) is 63.6 Å². The summed E-state index contributed by atoms with van der Waals surface area (Å²) < 4.78 is 9.09. The molecule has 8 rings (SSSR count). The SMILES string of the molecule is CC1(C)CCC(c2cc(Oc3cccc(N4CNc5ccccc54)c3)cc3c2c2cc(C#N)ccc2n3-c2cc(C(C)(C)C)ccn2)CC1. The number of aromatic nitrogens is 2. The molecule has 2 aromatic heterocycles. The van der Waals surface area contributed by atoms with Crippen molar-refractivity contribution in [2.75, 3.05) is 16.9 Å².